The van der Waals surface area contributed by atoms with Gasteiger partial charge in [0, 0.05) is 11.1 Å². The van der Waals surface area contributed by atoms with Crippen molar-refractivity contribution in [2.75, 3.05) is 0 Å². The van der Waals surface area contributed by atoms with E-state index < -0.39 is 0 Å². The molecule has 0 radical (unpaired) electrons. The monoisotopic (exact) mass is 158 g/mol. The van der Waals surface area contributed by atoms with E-state index in [9.17, 15) is 0 Å². The van der Waals surface area contributed by atoms with E-state index in [1.807, 2.05) is 31.2 Å². The minimum atomic E-state index is 0.753. The SMILES string of the molecule is C#Cc1ccccc1/C(C)=N\N. The summed E-state index contributed by atoms with van der Waals surface area (Å²) in [6.07, 6.45) is 5.30. The Morgan fingerprint density at radius 2 is 2.17 bits per heavy atom. The predicted octanol–water partition coefficient (Wildman–Crippen LogP) is 1.35. The second kappa shape index (κ2) is 3.59. The summed E-state index contributed by atoms with van der Waals surface area (Å²) in [5.74, 6) is 7.72. The maximum atomic E-state index is 5.30. The second-order valence-electron chi connectivity index (χ2n) is 2.40. The highest BCUT2D eigenvalue weighted by Gasteiger charge is 2.00. The molecule has 2 heteroatoms. The molecule has 0 heterocycles. The number of rotatable bonds is 1. The Balaban J connectivity index is 3.25. The molecule has 1 aromatic carbocycles. The van der Waals surface area contributed by atoms with E-state index in [4.69, 9.17) is 12.3 Å². The number of benzene rings is 1. The van der Waals surface area contributed by atoms with Crippen LogP contribution in [0.5, 0.6) is 0 Å². The molecule has 0 aliphatic carbocycles. The molecule has 0 aliphatic rings. The van der Waals surface area contributed by atoms with Crippen LogP contribution in [0.15, 0.2) is 29.4 Å². The number of terminal acetylenes is 1. The third kappa shape index (κ3) is 1.46. The van der Waals surface area contributed by atoms with Crippen molar-refractivity contribution in [3.05, 3.63) is 35.4 Å². The minimum absolute atomic E-state index is 0.753. The predicted molar refractivity (Wildman–Crippen MR) is 50.8 cm³/mol. The van der Waals surface area contributed by atoms with Gasteiger partial charge in [-0.15, -0.1) is 6.42 Å². The van der Waals surface area contributed by atoms with Crippen LogP contribution in [-0.4, -0.2) is 5.71 Å². The van der Waals surface area contributed by atoms with Crippen LogP contribution in [0.3, 0.4) is 0 Å². The summed E-state index contributed by atoms with van der Waals surface area (Å²) in [5, 5.41) is 3.59. The Morgan fingerprint density at radius 3 is 2.75 bits per heavy atom. The molecule has 2 N–H and O–H groups in total. The number of nitrogens with two attached hydrogens (primary N) is 1. The number of hydrazone groups is 1. The van der Waals surface area contributed by atoms with Crippen LogP contribution >= 0.6 is 0 Å². The first kappa shape index (κ1) is 8.35. The molecule has 2 nitrogen and oxygen atoms in total. The van der Waals surface area contributed by atoms with Crippen molar-refractivity contribution in [1.29, 1.82) is 0 Å². The Hall–Kier alpha value is -1.75. The Kier molecular flexibility index (Phi) is 2.49. The van der Waals surface area contributed by atoms with E-state index in [2.05, 4.69) is 11.0 Å². The van der Waals surface area contributed by atoms with Gasteiger partial charge in [0.15, 0.2) is 0 Å². The first-order valence-corrected chi connectivity index (χ1v) is 3.60. The van der Waals surface area contributed by atoms with Gasteiger partial charge in [0.05, 0.1) is 5.71 Å². The zero-order valence-corrected chi connectivity index (χ0v) is 6.91. The van der Waals surface area contributed by atoms with Crippen molar-refractivity contribution in [3.8, 4) is 12.3 Å². The smallest absolute Gasteiger partial charge is 0.0654 e. The van der Waals surface area contributed by atoms with E-state index >= 15 is 0 Å². The van der Waals surface area contributed by atoms with Crippen LogP contribution in [-0.2, 0) is 0 Å². The summed E-state index contributed by atoms with van der Waals surface area (Å²) in [7, 11) is 0. The second-order valence-corrected chi connectivity index (χ2v) is 2.40. The average Bonchev–Trinajstić information content (AvgIpc) is 2.16. The van der Waals surface area contributed by atoms with Crippen molar-refractivity contribution in [2.24, 2.45) is 10.9 Å². The zero-order chi connectivity index (χ0) is 8.97. The molecule has 12 heavy (non-hydrogen) atoms. The quantitative estimate of drug-likeness (QED) is 0.285. The van der Waals surface area contributed by atoms with Crippen LogP contribution in [0.4, 0.5) is 0 Å². The first-order chi connectivity index (χ1) is 5.79. The summed E-state index contributed by atoms with van der Waals surface area (Å²) in [4.78, 5) is 0. The molecule has 0 aliphatic heterocycles. The van der Waals surface area contributed by atoms with Gasteiger partial charge >= 0.3 is 0 Å². The van der Waals surface area contributed by atoms with Gasteiger partial charge in [-0.25, -0.2) is 0 Å². The largest absolute Gasteiger partial charge is 0.323 e. The standard InChI is InChI=1S/C10H10N2/c1-3-9-6-4-5-7-10(9)8(2)12-11/h1,4-7H,11H2,2H3/b12-8-. The van der Waals surface area contributed by atoms with E-state index in [0.717, 1.165) is 16.8 Å². The summed E-state index contributed by atoms with van der Waals surface area (Å²) in [5.41, 5.74) is 2.50. The highest BCUT2D eigenvalue weighted by molar-refractivity contribution is 6.00. The summed E-state index contributed by atoms with van der Waals surface area (Å²) in [6.45, 7) is 1.83. The van der Waals surface area contributed by atoms with Gasteiger partial charge in [-0.2, -0.15) is 5.10 Å². The summed E-state index contributed by atoms with van der Waals surface area (Å²) < 4.78 is 0. The molecule has 0 amide bonds. The van der Waals surface area contributed by atoms with Gasteiger partial charge in [0.25, 0.3) is 0 Å². The average molecular weight is 158 g/mol. The molecule has 0 aromatic heterocycles. The molecule has 1 rings (SSSR count). The number of hydrogen-bond acceptors (Lipinski definition) is 2. The normalized spacial score (nSPS) is 10.8. The molecule has 0 atom stereocenters. The fraction of sp³-hybridized carbons (Fsp3) is 0.100. The van der Waals surface area contributed by atoms with E-state index in [1.54, 1.807) is 0 Å². The van der Waals surface area contributed by atoms with E-state index in [-0.39, 0.29) is 0 Å². The zero-order valence-electron chi connectivity index (χ0n) is 6.91. The van der Waals surface area contributed by atoms with Crippen molar-refractivity contribution in [1.82, 2.24) is 0 Å². The molecule has 0 spiro atoms. The highest BCUT2D eigenvalue weighted by Crippen LogP contribution is 2.07. The van der Waals surface area contributed by atoms with Gasteiger partial charge in [-0.05, 0) is 13.0 Å². The summed E-state index contributed by atoms with van der Waals surface area (Å²) >= 11 is 0. The highest BCUT2D eigenvalue weighted by atomic mass is 15.1. The minimum Gasteiger partial charge on any atom is -0.323 e. The van der Waals surface area contributed by atoms with Gasteiger partial charge in [0.1, 0.15) is 0 Å². The molecule has 0 bridgehead atoms. The van der Waals surface area contributed by atoms with Crippen LogP contribution < -0.4 is 5.84 Å². The lowest BCUT2D eigenvalue weighted by Crippen LogP contribution is -2.01. The van der Waals surface area contributed by atoms with E-state index in [0.29, 0.717) is 0 Å². The Morgan fingerprint density at radius 1 is 1.50 bits per heavy atom. The number of nitrogens with zero attached hydrogens (tertiary/aromatic N) is 1. The van der Waals surface area contributed by atoms with Crippen molar-refractivity contribution in [3.63, 3.8) is 0 Å². The molecule has 0 saturated heterocycles. The molecule has 60 valence electrons. The van der Waals surface area contributed by atoms with Gasteiger partial charge in [0.2, 0.25) is 0 Å². The van der Waals surface area contributed by atoms with Crippen LogP contribution in [0.2, 0.25) is 0 Å². The van der Waals surface area contributed by atoms with Crippen LogP contribution in [0.1, 0.15) is 18.1 Å². The fourth-order valence-electron chi connectivity index (χ4n) is 0.994. The van der Waals surface area contributed by atoms with Crippen molar-refractivity contribution >= 4 is 5.71 Å². The fourth-order valence-corrected chi connectivity index (χ4v) is 0.994. The molecule has 0 fully saturated rings. The lowest BCUT2D eigenvalue weighted by molar-refractivity contribution is 1.24. The number of hydrogen-bond donors (Lipinski definition) is 1. The van der Waals surface area contributed by atoms with Crippen LogP contribution in [0.25, 0.3) is 0 Å². The van der Waals surface area contributed by atoms with Crippen molar-refractivity contribution < 1.29 is 0 Å². The molecule has 0 saturated carbocycles. The summed E-state index contributed by atoms with van der Waals surface area (Å²) in [6, 6.07) is 7.57. The lowest BCUT2D eigenvalue weighted by atomic mass is 10.0. The topological polar surface area (TPSA) is 38.4 Å². The van der Waals surface area contributed by atoms with Gasteiger partial charge < -0.3 is 5.84 Å². The first-order valence-electron chi connectivity index (χ1n) is 3.60. The maximum Gasteiger partial charge on any atom is 0.0654 e. The molecule has 1 aromatic rings. The van der Waals surface area contributed by atoms with Crippen molar-refractivity contribution in [2.45, 2.75) is 6.92 Å². The van der Waals surface area contributed by atoms with Gasteiger partial charge in [-0.3, -0.25) is 0 Å². The molecule has 0 unspecified atom stereocenters. The van der Waals surface area contributed by atoms with Crippen LogP contribution in [0, 0.1) is 12.3 Å². The third-order valence-electron chi connectivity index (χ3n) is 1.67. The Labute approximate surface area is 72.1 Å². The Bertz CT molecular complexity index is 345. The maximum absolute atomic E-state index is 5.30. The van der Waals surface area contributed by atoms with E-state index in [1.165, 1.54) is 0 Å². The molecular weight excluding hydrogens is 148 g/mol. The third-order valence-corrected chi connectivity index (χ3v) is 1.67. The lowest BCUT2D eigenvalue weighted by Gasteiger charge is -2.01. The van der Waals surface area contributed by atoms with Gasteiger partial charge in [-0.1, -0.05) is 24.1 Å². The molecular formula is C10H10N2.